The summed E-state index contributed by atoms with van der Waals surface area (Å²) in [7, 11) is 0. The fourth-order valence-electron chi connectivity index (χ4n) is 2.20. The van der Waals surface area contributed by atoms with Crippen molar-refractivity contribution < 1.29 is 9.53 Å². The van der Waals surface area contributed by atoms with E-state index in [1.54, 1.807) is 0 Å². The number of anilines is 2. The van der Waals surface area contributed by atoms with E-state index in [1.165, 1.54) is 11.1 Å². The van der Waals surface area contributed by atoms with Crippen molar-refractivity contribution in [3.63, 3.8) is 0 Å². The van der Waals surface area contributed by atoms with Crippen molar-refractivity contribution in [3.8, 4) is 5.75 Å². The van der Waals surface area contributed by atoms with Crippen LogP contribution in [0.4, 0.5) is 11.4 Å². The van der Waals surface area contributed by atoms with Crippen LogP contribution in [0.15, 0.2) is 42.5 Å². The maximum Gasteiger partial charge on any atom is 0.226 e. The van der Waals surface area contributed by atoms with Crippen LogP contribution in [0.5, 0.6) is 5.75 Å². The smallest absolute Gasteiger partial charge is 0.226 e. The van der Waals surface area contributed by atoms with Crippen LogP contribution in [0.2, 0.25) is 0 Å². The maximum atomic E-state index is 12.0. The Morgan fingerprint density at radius 2 is 1.70 bits per heavy atom. The van der Waals surface area contributed by atoms with E-state index in [4.69, 9.17) is 4.74 Å². The van der Waals surface area contributed by atoms with E-state index in [-0.39, 0.29) is 5.91 Å². The third-order valence-electron chi connectivity index (χ3n) is 3.64. The van der Waals surface area contributed by atoms with Gasteiger partial charge in [0, 0.05) is 24.3 Å². The first kappa shape index (κ1) is 16.9. The normalized spacial score (nSPS) is 10.2. The van der Waals surface area contributed by atoms with Crippen LogP contribution in [0.25, 0.3) is 0 Å². The second kappa shape index (κ2) is 8.22. The van der Waals surface area contributed by atoms with E-state index in [2.05, 4.69) is 36.6 Å². The Balaban J connectivity index is 1.77. The SMILES string of the molecule is CCOc1ccc(NC(=O)CCNc2ccc(C)c(C)c2)cc1. The van der Waals surface area contributed by atoms with E-state index in [0.717, 1.165) is 17.1 Å². The Labute approximate surface area is 137 Å². The molecule has 0 saturated carbocycles. The molecule has 0 heterocycles. The van der Waals surface area contributed by atoms with Gasteiger partial charge in [-0.2, -0.15) is 0 Å². The van der Waals surface area contributed by atoms with Gasteiger partial charge < -0.3 is 15.4 Å². The van der Waals surface area contributed by atoms with Crippen molar-refractivity contribution in [2.24, 2.45) is 0 Å². The van der Waals surface area contributed by atoms with Crippen molar-refractivity contribution in [1.29, 1.82) is 0 Å². The van der Waals surface area contributed by atoms with Gasteiger partial charge in [-0.1, -0.05) is 6.07 Å². The molecule has 0 aliphatic heterocycles. The van der Waals surface area contributed by atoms with Crippen LogP contribution in [-0.2, 0) is 4.79 Å². The fourth-order valence-corrected chi connectivity index (χ4v) is 2.20. The Kier molecular flexibility index (Phi) is 6.03. The van der Waals surface area contributed by atoms with Gasteiger partial charge in [-0.05, 0) is 68.3 Å². The molecule has 0 aliphatic rings. The van der Waals surface area contributed by atoms with Crippen molar-refractivity contribution >= 4 is 17.3 Å². The number of carbonyl (C=O) groups excluding carboxylic acids is 1. The van der Waals surface area contributed by atoms with E-state index < -0.39 is 0 Å². The molecule has 0 aromatic heterocycles. The summed E-state index contributed by atoms with van der Waals surface area (Å²) >= 11 is 0. The second-order valence-corrected chi connectivity index (χ2v) is 5.48. The molecule has 4 nitrogen and oxygen atoms in total. The number of rotatable bonds is 7. The summed E-state index contributed by atoms with van der Waals surface area (Å²) in [5.41, 5.74) is 4.34. The lowest BCUT2D eigenvalue weighted by Gasteiger charge is -2.10. The average Bonchev–Trinajstić information content (AvgIpc) is 2.53. The van der Waals surface area contributed by atoms with Gasteiger partial charge in [0.05, 0.1) is 6.61 Å². The minimum Gasteiger partial charge on any atom is -0.494 e. The van der Waals surface area contributed by atoms with Gasteiger partial charge in [-0.15, -0.1) is 0 Å². The van der Waals surface area contributed by atoms with E-state index >= 15 is 0 Å². The van der Waals surface area contributed by atoms with Crippen LogP contribution in [0, 0.1) is 13.8 Å². The number of nitrogens with one attached hydrogen (secondary N) is 2. The molecule has 23 heavy (non-hydrogen) atoms. The highest BCUT2D eigenvalue weighted by Crippen LogP contribution is 2.16. The third kappa shape index (κ3) is 5.33. The van der Waals surface area contributed by atoms with E-state index in [0.29, 0.717) is 19.6 Å². The Morgan fingerprint density at radius 3 is 2.35 bits per heavy atom. The van der Waals surface area contributed by atoms with Crippen LogP contribution in [0.1, 0.15) is 24.5 Å². The van der Waals surface area contributed by atoms with Gasteiger partial charge in [0.25, 0.3) is 0 Å². The zero-order valence-electron chi connectivity index (χ0n) is 14.0. The lowest BCUT2D eigenvalue weighted by atomic mass is 10.1. The Morgan fingerprint density at radius 1 is 1.00 bits per heavy atom. The van der Waals surface area contributed by atoms with Gasteiger partial charge in [0.1, 0.15) is 5.75 Å². The number of benzene rings is 2. The quantitative estimate of drug-likeness (QED) is 0.808. The number of carbonyl (C=O) groups is 1. The largest absolute Gasteiger partial charge is 0.494 e. The predicted octanol–water partition coefficient (Wildman–Crippen LogP) is 4.14. The number of amides is 1. The summed E-state index contributed by atoms with van der Waals surface area (Å²) in [6.45, 7) is 7.35. The zero-order valence-corrected chi connectivity index (χ0v) is 14.0. The van der Waals surface area contributed by atoms with Crippen molar-refractivity contribution in [3.05, 3.63) is 53.6 Å². The highest BCUT2D eigenvalue weighted by Gasteiger charge is 2.03. The third-order valence-corrected chi connectivity index (χ3v) is 3.64. The number of ether oxygens (including phenoxy) is 1. The lowest BCUT2D eigenvalue weighted by Crippen LogP contribution is -2.16. The molecule has 1 amide bonds. The predicted molar refractivity (Wildman–Crippen MR) is 95.3 cm³/mol. The summed E-state index contributed by atoms with van der Waals surface area (Å²) in [6.07, 6.45) is 0.417. The lowest BCUT2D eigenvalue weighted by molar-refractivity contribution is -0.115. The van der Waals surface area contributed by atoms with Crippen LogP contribution in [0.3, 0.4) is 0 Å². The van der Waals surface area contributed by atoms with Crippen molar-refractivity contribution in [2.75, 3.05) is 23.8 Å². The van der Waals surface area contributed by atoms with E-state index in [9.17, 15) is 4.79 Å². The van der Waals surface area contributed by atoms with Gasteiger partial charge in [0.15, 0.2) is 0 Å². The first-order valence-corrected chi connectivity index (χ1v) is 7.92. The van der Waals surface area contributed by atoms with Crippen LogP contribution < -0.4 is 15.4 Å². The molecule has 2 aromatic rings. The molecular weight excluding hydrogens is 288 g/mol. The minimum absolute atomic E-state index is 0.00880. The number of hydrogen-bond acceptors (Lipinski definition) is 3. The summed E-state index contributed by atoms with van der Waals surface area (Å²) in [6, 6.07) is 13.6. The van der Waals surface area contributed by atoms with Gasteiger partial charge in [-0.3, -0.25) is 4.79 Å². The molecule has 122 valence electrons. The monoisotopic (exact) mass is 312 g/mol. The Bertz CT molecular complexity index is 651. The molecule has 4 heteroatoms. The highest BCUT2D eigenvalue weighted by atomic mass is 16.5. The standard InChI is InChI=1S/C19H24N2O2/c1-4-23-18-9-7-16(8-10-18)21-19(22)11-12-20-17-6-5-14(2)15(3)13-17/h5-10,13,20H,4,11-12H2,1-3H3,(H,21,22). The van der Waals surface area contributed by atoms with Gasteiger partial charge in [0.2, 0.25) is 5.91 Å². The highest BCUT2D eigenvalue weighted by molar-refractivity contribution is 5.91. The van der Waals surface area contributed by atoms with Gasteiger partial charge in [-0.25, -0.2) is 0 Å². The number of hydrogen-bond donors (Lipinski definition) is 2. The molecule has 0 fully saturated rings. The van der Waals surface area contributed by atoms with E-state index in [1.807, 2.05) is 37.3 Å². The molecule has 2 aromatic carbocycles. The van der Waals surface area contributed by atoms with Crippen LogP contribution >= 0.6 is 0 Å². The first-order valence-electron chi connectivity index (χ1n) is 7.92. The fraction of sp³-hybridized carbons (Fsp3) is 0.316. The molecule has 0 atom stereocenters. The summed E-state index contributed by atoms with van der Waals surface area (Å²) in [4.78, 5) is 12.0. The molecule has 0 radical (unpaired) electrons. The molecule has 0 spiro atoms. The molecule has 0 bridgehead atoms. The van der Waals surface area contributed by atoms with Crippen molar-refractivity contribution in [1.82, 2.24) is 0 Å². The maximum absolute atomic E-state index is 12.0. The van der Waals surface area contributed by atoms with Crippen LogP contribution in [-0.4, -0.2) is 19.1 Å². The van der Waals surface area contributed by atoms with Crippen molar-refractivity contribution in [2.45, 2.75) is 27.2 Å². The average molecular weight is 312 g/mol. The zero-order chi connectivity index (χ0) is 16.7. The first-order chi connectivity index (χ1) is 11.1. The minimum atomic E-state index is -0.00880. The molecule has 0 unspecified atom stereocenters. The summed E-state index contributed by atoms with van der Waals surface area (Å²) < 4.78 is 5.37. The molecule has 2 N–H and O–H groups in total. The molecule has 0 aliphatic carbocycles. The topological polar surface area (TPSA) is 50.4 Å². The number of aryl methyl sites for hydroxylation is 2. The molecular formula is C19H24N2O2. The summed E-state index contributed by atoms with van der Waals surface area (Å²) in [5, 5.41) is 6.16. The van der Waals surface area contributed by atoms with Gasteiger partial charge >= 0.3 is 0 Å². The molecule has 2 rings (SSSR count). The Hall–Kier alpha value is -2.49. The second-order valence-electron chi connectivity index (χ2n) is 5.48. The molecule has 0 saturated heterocycles. The summed E-state index contributed by atoms with van der Waals surface area (Å²) in [5.74, 6) is 0.799.